The molecule has 27 heavy (non-hydrogen) atoms. The average molecular weight is 389 g/mol. The van der Waals surface area contributed by atoms with Crippen molar-refractivity contribution in [3.05, 3.63) is 65.7 Å². The molecule has 0 aromatic heterocycles. The third kappa shape index (κ3) is 5.80. The number of benzene rings is 2. The minimum Gasteiger partial charge on any atom is -0.368 e. The van der Waals surface area contributed by atoms with Crippen LogP contribution in [-0.4, -0.2) is 31.7 Å². The molecule has 146 valence electrons. The highest BCUT2D eigenvalue weighted by atomic mass is 35.5. The van der Waals surface area contributed by atoms with Crippen molar-refractivity contribution in [2.24, 2.45) is 0 Å². The normalized spacial score (nSPS) is 15.6. The van der Waals surface area contributed by atoms with Crippen LogP contribution in [0, 0.1) is 0 Å². The van der Waals surface area contributed by atoms with Gasteiger partial charge >= 0.3 is 0 Å². The van der Waals surface area contributed by atoms with E-state index >= 15 is 0 Å². The third-order valence-corrected chi connectivity index (χ3v) is 5.20. The number of carbonyl (C=O) groups excluding carboxylic acids is 1. The van der Waals surface area contributed by atoms with Gasteiger partial charge in [-0.15, -0.1) is 12.4 Å². The number of hydrogen-bond donors (Lipinski definition) is 2. The predicted octanol–water partition coefficient (Wildman–Crippen LogP) is 3.99. The zero-order valence-corrected chi connectivity index (χ0v) is 16.7. The molecule has 1 aliphatic rings. The van der Waals surface area contributed by atoms with E-state index in [1.54, 1.807) is 7.11 Å². The van der Waals surface area contributed by atoms with Gasteiger partial charge in [0.25, 0.3) is 5.91 Å². The molecule has 2 aromatic carbocycles. The van der Waals surface area contributed by atoms with E-state index in [9.17, 15) is 4.79 Å². The molecule has 1 saturated heterocycles. The maximum Gasteiger partial charge on any atom is 0.256 e. The van der Waals surface area contributed by atoms with E-state index in [4.69, 9.17) is 4.74 Å². The number of ether oxygens (including phenoxy) is 1. The Balaban J connectivity index is 0.00000261. The van der Waals surface area contributed by atoms with Gasteiger partial charge in [0, 0.05) is 12.8 Å². The molecule has 2 N–H and O–H groups in total. The largest absolute Gasteiger partial charge is 0.368 e. The van der Waals surface area contributed by atoms with Gasteiger partial charge in [-0.3, -0.25) is 4.79 Å². The first-order chi connectivity index (χ1) is 12.7. The molecule has 2 aromatic rings. The Labute approximate surface area is 168 Å². The van der Waals surface area contributed by atoms with Gasteiger partial charge in [0.2, 0.25) is 0 Å². The van der Waals surface area contributed by atoms with Gasteiger partial charge in [0.05, 0.1) is 0 Å². The molecule has 1 amide bonds. The number of nitrogens with one attached hydrogen (secondary N) is 2. The second-order valence-corrected chi connectivity index (χ2v) is 6.94. The number of halogens is 1. The summed E-state index contributed by atoms with van der Waals surface area (Å²) >= 11 is 0. The topological polar surface area (TPSA) is 50.4 Å². The number of carbonyl (C=O) groups is 1. The lowest BCUT2D eigenvalue weighted by Gasteiger charge is -2.34. The quantitative estimate of drug-likeness (QED) is 0.754. The fourth-order valence-electron chi connectivity index (χ4n) is 3.50. The number of piperidine rings is 1. The maximum absolute atomic E-state index is 12.7. The van der Waals surface area contributed by atoms with Crippen molar-refractivity contribution in [2.75, 3.05) is 25.5 Å². The lowest BCUT2D eigenvalue weighted by molar-refractivity contribution is -0.140. The van der Waals surface area contributed by atoms with Gasteiger partial charge in [-0.05, 0) is 68.5 Å². The average Bonchev–Trinajstić information content (AvgIpc) is 2.70. The van der Waals surface area contributed by atoms with Crippen LogP contribution in [0.2, 0.25) is 0 Å². The highest BCUT2D eigenvalue weighted by Gasteiger charge is 2.39. The van der Waals surface area contributed by atoms with E-state index in [0.717, 1.165) is 38.0 Å². The fourth-order valence-corrected chi connectivity index (χ4v) is 3.50. The monoisotopic (exact) mass is 388 g/mol. The maximum atomic E-state index is 12.7. The Kier molecular flexibility index (Phi) is 8.29. The molecular formula is C22H29ClN2O2. The van der Waals surface area contributed by atoms with Crippen LogP contribution in [0.4, 0.5) is 5.69 Å². The zero-order chi connectivity index (χ0) is 18.2. The van der Waals surface area contributed by atoms with Crippen LogP contribution in [0.3, 0.4) is 0 Å². The van der Waals surface area contributed by atoms with Gasteiger partial charge in [0.1, 0.15) is 5.60 Å². The summed E-state index contributed by atoms with van der Waals surface area (Å²) < 4.78 is 5.58. The van der Waals surface area contributed by atoms with Crippen LogP contribution in [-0.2, 0) is 22.4 Å². The highest BCUT2D eigenvalue weighted by molar-refractivity contribution is 5.97. The van der Waals surface area contributed by atoms with E-state index < -0.39 is 5.60 Å². The van der Waals surface area contributed by atoms with E-state index in [1.165, 1.54) is 11.1 Å². The number of hydrogen-bond acceptors (Lipinski definition) is 3. The fraction of sp³-hybridized carbons (Fsp3) is 0.409. The van der Waals surface area contributed by atoms with Crippen LogP contribution in [0.5, 0.6) is 0 Å². The van der Waals surface area contributed by atoms with Crippen molar-refractivity contribution in [3.8, 4) is 0 Å². The Morgan fingerprint density at radius 1 is 1.00 bits per heavy atom. The smallest absolute Gasteiger partial charge is 0.256 e. The van der Waals surface area contributed by atoms with E-state index in [2.05, 4.69) is 47.0 Å². The first-order valence-corrected chi connectivity index (χ1v) is 9.42. The predicted molar refractivity (Wildman–Crippen MR) is 113 cm³/mol. The second kappa shape index (κ2) is 10.5. The Hall–Kier alpha value is -1.88. The molecule has 4 nitrogen and oxygen atoms in total. The van der Waals surface area contributed by atoms with Crippen LogP contribution in [0.15, 0.2) is 54.6 Å². The van der Waals surface area contributed by atoms with Crippen LogP contribution < -0.4 is 10.6 Å². The number of aryl methyl sites for hydroxylation is 2. The molecule has 0 atom stereocenters. The summed E-state index contributed by atoms with van der Waals surface area (Å²) in [6.07, 6.45) is 4.65. The molecule has 0 aliphatic carbocycles. The highest BCUT2D eigenvalue weighted by Crippen LogP contribution is 2.24. The second-order valence-electron chi connectivity index (χ2n) is 6.94. The summed E-state index contributed by atoms with van der Waals surface area (Å²) in [4.78, 5) is 12.7. The van der Waals surface area contributed by atoms with Crippen LogP contribution in [0.25, 0.3) is 0 Å². The Bertz CT molecular complexity index is 698. The standard InChI is InChI=1S/C22H28N2O2.ClH/c1-26-22(14-16-23-17-15-22)21(25)24-20-12-10-19(11-13-20)9-5-8-18-6-3-2-4-7-18;/h2-4,6-7,10-13,23H,5,8-9,14-17H2,1H3,(H,24,25);1H. The summed E-state index contributed by atoms with van der Waals surface area (Å²) in [5.74, 6) is -0.0432. The first-order valence-electron chi connectivity index (χ1n) is 9.42. The zero-order valence-electron chi connectivity index (χ0n) is 15.9. The summed E-state index contributed by atoms with van der Waals surface area (Å²) in [6, 6.07) is 18.7. The van der Waals surface area contributed by atoms with Crippen LogP contribution in [0.1, 0.15) is 30.4 Å². The Morgan fingerprint density at radius 3 is 2.19 bits per heavy atom. The van der Waals surface area contributed by atoms with Crippen molar-refractivity contribution in [1.29, 1.82) is 0 Å². The lowest BCUT2D eigenvalue weighted by Crippen LogP contribution is -2.51. The van der Waals surface area contributed by atoms with Gasteiger partial charge in [-0.1, -0.05) is 42.5 Å². The number of rotatable bonds is 7. The molecule has 0 bridgehead atoms. The minimum absolute atomic E-state index is 0. The molecule has 0 saturated carbocycles. The van der Waals surface area contributed by atoms with Crippen molar-refractivity contribution < 1.29 is 9.53 Å². The lowest BCUT2D eigenvalue weighted by atomic mass is 9.91. The molecule has 0 radical (unpaired) electrons. The molecule has 0 spiro atoms. The van der Waals surface area contributed by atoms with E-state index in [-0.39, 0.29) is 18.3 Å². The van der Waals surface area contributed by atoms with Crippen molar-refractivity contribution in [1.82, 2.24) is 5.32 Å². The molecule has 1 fully saturated rings. The van der Waals surface area contributed by atoms with Crippen molar-refractivity contribution >= 4 is 24.0 Å². The Morgan fingerprint density at radius 2 is 1.59 bits per heavy atom. The first kappa shape index (κ1) is 21.4. The minimum atomic E-state index is -0.709. The number of methoxy groups -OCH3 is 1. The molecule has 1 aliphatic heterocycles. The van der Waals surface area contributed by atoms with Gasteiger partial charge in [-0.25, -0.2) is 0 Å². The molecule has 1 heterocycles. The van der Waals surface area contributed by atoms with Gasteiger partial charge in [0.15, 0.2) is 0 Å². The summed E-state index contributed by atoms with van der Waals surface area (Å²) in [5.41, 5.74) is 2.79. The molecular weight excluding hydrogens is 360 g/mol. The number of amides is 1. The van der Waals surface area contributed by atoms with Crippen molar-refractivity contribution in [3.63, 3.8) is 0 Å². The molecule has 0 unspecified atom stereocenters. The molecule has 5 heteroatoms. The van der Waals surface area contributed by atoms with Crippen LogP contribution >= 0.6 is 12.4 Å². The van der Waals surface area contributed by atoms with E-state index in [1.807, 2.05) is 18.2 Å². The van der Waals surface area contributed by atoms with Gasteiger partial charge in [-0.2, -0.15) is 0 Å². The molecule has 3 rings (SSSR count). The summed E-state index contributed by atoms with van der Waals surface area (Å²) in [7, 11) is 1.63. The summed E-state index contributed by atoms with van der Waals surface area (Å²) in [5, 5.41) is 6.29. The SMILES string of the molecule is COC1(C(=O)Nc2ccc(CCCc3ccccc3)cc2)CCNCC1.Cl. The third-order valence-electron chi connectivity index (χ3n) is 5.20. The van der Waals surface area contributed by atoms with E-state index in [0.29, 0.717) is 12.8 Å². The summed E-state index contributed by atoms with van der Waals surface area (Å²) in [6.45, 7) is 1.61. The van der Waals surface area contributed by atoms with Crippen molar-refractivity contribution in [2.45, 2.75) is 37.7 Å². The van der Waals surface area contributed by atoms with Gasteiger partial charge < -0.3 is 15.4 Å². The number of anilines is 1.